The maximum Gasteiger partial charge on any atom is 0.339 e. The largest absolute Gasteiger partial charge is 0.481 e. The molecule has 128 valence electrons. The van der Waals surface area contributed by atoms with E-state index >= 15 is 0 Å². The molecule has 7 heteroatoms. The first-order valence-corrected chi connectivity index (χ1v) is 7.57. The number of ketones is 1. The molecule has 0 saturated heterocycles. The highest BCUT2D eigenvalue weighted by Gasteiger charge is 2.26. The van der Waals surface area contributed by atoms with Gasteiger partial charge in [0, 0.05) is 5.69 Å². The summed E-state index contributed by atoms with van der Waals surface area (Å²) in [5, 5.41) is 0.0734. The first kappa shape index (κ1) is 18.0. The van der Waals surface area contributed by atoms with Gasteiger partial charge in [0.2, 0.25) is 5.78 Å². The summed E-state index contributed by atoms with van der Waals surface area (Å²) in [7, 11) is 1.28. The Morgan fingerprint density at radius 2 is 1.96 bits per heavy atom. The van der Waals surface area contributed by atoms with E-state index in [1.165, 1.54) is 19.2 Å². The minimum Gasteiger partial charge on any atom is -0.481 e. The average molecular weight is 354 g/mol. The number of aromatic nitrogens is 1. The lowest BCUT2D eigenvalue weighted by atomic mass is 10.1. The third-order valence-corrected chi connectivity index (χ3v) is 3.94. The van der Waals surface area contributed by atoms with E-state index in [4.69, 9.17) is 21.1 Å². The number of rotatable bonds is 5. The number of H-pyrrole nitrogens is 1. The van der Waals surface area contributed by atoms with Gasteiger partial charge in [-0.3, -0.25) is 4.79 Å². The number of hydrogen-bond acceptors (Lipinski definition) is 4. The Balaban J connectivity index is 2.27. The predicted octanol–water partition coefficient (Wildman–Crippen LogP) is 3.86. The molecule has 0 aliphatic carbocycles. The average Bonchev–Trinajstić information content (AvgIpc) is 2.83. The van der Waals surface area contributed by atoms with Crippen molar-refractivity contribution < 1.29 is 23.5 Å². The highest BCUT2D eigenvalue weighted by molar-refractivity contribution is 6.32. The molecule has 0 radical (unpaired) electrons. The van der Waals surface area contributed by atoms with E-state index in [9.17, 15) is 14.0 Å². The smallest absolute Gasteiger partial charge is 0.339 e. The summed E-state index contributed by atoms with van der Waals surface area (Å²) < 4.78 is 23.3. The normalized spacial score (nSPS) is 11.9. The van der Waals surface area contributed by atoms with E-state index in [-0.39, 0.29) is 22.2 Å². The number of aryl methyl sites for hydroxylation is 1. The van der Waals surface area contributed by atoms with E-state index in [2.05, 4.69) is 4.98 Å². The zero-order valence-electron chi connectivity index (χ0n) is 13.7. The predicted molar refractivity (Wildman–Crippen MR) is 87.4 cm³/mol. The van der Waals surface area contributed by atoms with Crippen LogP contribution in [0.5, 0.6) is 5.75 Å². The van der Waals surface area contributed by atoms with Crippen LogP contribution in [0, 0.1) is 19.7 Å². The molecule has 2 aromatic rings. The molecule has 0 amide bonds. The van der Waals surface area contributed by atoms with Gasteiger partial charge in [-0.05, 0) is 44.5 Å². The van der Waals surface area contributed by atoms with E-state index < -0.39 is 17.9 Å². The van der Waals surface area contributed by atoms with Crippen LogP contribution in [0.15, 0.2) is 18.2 Å². The monoisotopic (exact) mass is 353 g/mol. The summed E-state index contributed by atoms with van der Waals surface area (Å²) in [6.45, 7) is 4.88. The summed E-state index contributed by atoms with van der Waals surface area (Å²) in [6.07, 6.45) is -0.879. The fourth-order valence-electron chi connectivity index (χ4n) is 2.42. The van der Waals surface area contributed by atoms with Gasteiger partial charge >= 0.3 is 5.97 Å². The molecule has 0 aliphatic heterocycles. The van der Waals surface area contributed by atoms with Crippen molar-refractivity contribution in [1.82, 2.24) is 4.98 Å². The summed E-state index contributed by atoms with van der Waals surface area (Å²) in [6, 6.07) is 3.65. The number of carbonyl (C=O) groups excluding carboxylic acids is 2. The molecule has 1 N–H and O–H groups in total. The van der Waals surface area contributed by atoms with Crippen molar-refractivity contribution in [3.05, 3.63) is 51.6 Å². The lowest BCUT2D eigenvalue weighted by molar-refractivity contribution is 0.0599. The van der Waals surface area contributed by atoms with Crippen LogP contribution in [0.4, 0.5) is 4.39 Å². The fraction of sp³-hybridized carbons (Fsp3) is 0.294. The molecule has 0 fully saturated rings. The summed E-state index contributed by atoms with van der Waals surface area (Å²) in [5.41, 5.74) is 1.62. The Morgan fingerprint density at radius 3 is 2.54 bits per heavy atom. The third-order valence-electron chi connectivity index (χ3n) is 3.64. The Kier molecular flexibility index (Phi) is 5.29. The molecule has 0 spiro atoms. The summed E-state index contributed by atoms with van der Waals surface area (Å²) in [4.78, 5) is 27.3. The minimum absolute atomic E-state index is 0.0734. The van der Waals surface area contributed by atoms with E-state index in [0.717, 1.165) is 6.07 Å². The molecule has 24 heavy (non-hydrogen) atoms. The van der Waals surface area contributed by atoms with Gasteiger partial charge < -0.3 is 14.5 Å². The lowest BCUT2D eigenvalue weighted by Crippen LogP contribution is -2.25. The second kappa shape index (κ2) is 7.05. The van der Waals surface area contributed by atoms with Gasteiger partial charge in [-0.25, -0.2) is 9.18 Å². The van der Waals surface area contributed by atoms with Gasteiger partial charge in [-0.2, -0.15) is 0 Å². The molecule has 0 unspecified atom stereocenters. The number of halogens is 2. The van der Waals surface area contributed by atoms with Gasteiger partial charge in [0.25, 0.3) is 0 Å². The van der Waals surface area contributed by atoms with Crippen LogP contribution >= 0.6 is 11.6 Å². The SMILES string of the molecule is COC(=O)c1c(C)[nH]c(C(=O)[C@@H](C)Oc2ccc(F)cc2Cl)c1C. The van der Waals surface area contributed by atoms with Crippen molar-refractivity contribution in [3.63, 3.8) is 0 Å². The Morgan fingerprint density at radius 1 is 1.29 bits per heavy atom. The maximum absolute atomic E-state index is 13.1. The number of nitrogens with one attached hydrogen (secondary N) is 1. The number of Topliss-reactive ketones (excluding diaryl/α,β-unsaturated/α-hetero) is 1. The minimum atomic E-state index is -0.879. The maximum atomic E-state index is 13.1. The molecule has 1 aromatic heterocycles. The van der Waals surface area contributed by atoms with Crippen molar-refractivity contribution in [1.29, 1.82) is 0 Å². The van der Waals surface area contributed by atoms with Crippen LogP contribution in [0.25, 0.3) is 0 Å². The van der Waals surface area contributed by atoms with E-state index in [1.807, 2.05) is 0 Å². The molecule has 2 rings (SSSR count). The number of benzene rings is 1. The summed E-state index contributed by atoms with van der Waals surface area (Å²) >= 11 is 5.90. The van der Waals surface area contributed by atoms with Gasteiger partial charge in [-0.1, -0.05) is 11.6 Å². The van der Waals surface area contributed by atoms with E-state index in [0.29, 0.717) is 16.8 Å². The van der Waals surface area contributed by atoms with Crippen LogP contribution in [0.3, 0.4) is 0 Å². The molecular weight excluding hydrogens is 337 g/mol. The number of carbonyl (C=O) groups is 2. The number of esters is 1. The second-order valence-corrected chi connectivity index (χ2v) is 5.72. The van der Waals surface area contributed by atoms with Crippen molar-refractivity contribution in [2.75, 3.05) is 7.11 Å². The standard InChI is InChI=1S/C17H17ClFNO4/c1-8-14(17(22)23-4)9(2)20-15(8)16(21)10(3)24-13-6-5-11(19)7-12(13)18/h5-7,10,20H,1-4H3/t10-/m1/s1. The molecule has 0 bridgehead atoms. The third kappa shape index (κ3) is 3.43. The van der Waals surface area contributed by atoms with Crippen LogP contribution in [-0.4, -0.2) is 30.0 Å². The molecular formula is C17H17ClFNO4. The van der Waals surface area contributed by atoms with Crippen molar-refractivity contribution >= 4 is 23.4 Å². The van der Waals surface area contributed by atoms with Crippen molar-refractivity contribution in [3.8, 4) is 5.75 Å². The van der Waals surface area contributed by atoms with Gasteiger partial charge in [0.05, 0.1) is 23.4 Å². The molecule has 1 heterocycles. The van der Waals surface area contributed by atoms with Crippen molar-refractivity contribution in [2.24, 2.45) is 0 Å². The van der Waals surface area contributed by atoms with Gasteiger partial charge in [0.1, 0.15) is 11.6 Å². The zero-order valence-corrected chi connectivity index (χ0v) is 14.5. The molecule has 5 nitrogen and oxygen atoms in total. The van der Waals surface area contributed by atoms with Crippen molar-refractivity contribution in [2.45, 2.75) is 26.9 Å². The first-order chi connectivity index (χ1) is 11.3. The number of ether oxygens (including phenoxy) is 2. The number of aromatic amines is 1. The van der Waals surface area contributed by atoms with E-state index in [1.54, 1.807) is 20.8 Å². The number of methoxy groups -OCH3 is 1. The topological polar surface area (TPSA) is 68.4 Å². The highest BCUT2D eigenvalue weighted by Crippen LogP contribution is 2.27. The molecule has 0 saturated carbocycles. The fourth-order valence-corrected chi connectivity index (χ4v) is 2.63. The number of hydrogen-bond donors (Lipinski definition) is 1. The second-order valence-electron chi connectivity index (χ2n) is 5.32. The molecule has 1 aromatic carbocycles. The Bertz CT molecular complexity index is 800. The quantitative estimate of drug-likeness (QED) is 0.654. The first-order valence-electron chi connectivity index (χ1n) is 7.19. The van der Waals surface area contributed by atoms with Gasteiger partial charge in [-0.15, -0.1) is 0 Å². The van der Waals surface area contributed by atoms with Crippen LogP contribution in [-0.2, 0) is 4.74 Å². The van der Waals surface area contributed by atoms with Crippen LogP contribution in [0.1, 0.15) is 39.0 Å². The Labute approximate surface area is 143 Å². The lowest BCUT2D eigenvalue weighted by Gasteiger charge is -2.14. The summed E-state index contributed by atoms with van der Waals surface area (Å²) in [5.74, 6) is -1.17. The molecule has 0 aliphatic rings. The van der Waals surface area contributed by atoms with Gasteiger partial charge in [0.15, 0.2) is 6.10 Å². The Hall–Kier alpha value is -2.34. The highest BCUT2D eigenvalue weighted by atomic mass is 35.5. The zero-order chi connectivity index (χ0) is 18.0. The van der Waals surface area contributed by atoms with Crippen LogP contribution in [0.2, 0.25) is 5.02 Å². The van der Waals surface area contributed by atoms with Crippen LogP contribution < -0.4 is 4.74 Å². The molecule has 1 atom stereocenters.